The Morgan fingerprint density at radius 3 is 1.20 bits per heavy atom. The third kappa shape index (κ3) is 15.7. The van der Waals surface area contributed by atoms with Gasteiger partial charge in [-0.05, 0) is 12.2 Å². The Hall–Kier alpha value is 0.140. The van der Waals surface area contributed by atoms with E-state index >= 15 is 0 Å². The maximum absolute atomic E-state index is 9.41. The first-order valence-corrected chi connectivity index (χ1v) is 1.73. The van der Waals surface area contributed by atoms with E-state index in [0.717, 1.165) is 0 Å². The minimum atomic E-state index is -1.55. The number of hydrogen-bond acceptors (Lipinski definition) is 4. The summed E-state index contributed by atoms with van der Waals surface area (Å²) in [6, 6.07) is 0. The second kappa shape index (κ2) is 9.14. The lowest BCUT2D eigenvalue weighted by Crippen LogP contribution is -3.00. The first kappa shape index (κ1) is 16.6. The average Bonchev–Trinajstić information content (AvgIpc) is 1.61. The van der Waals surface area contributed by atoms with Crippen molar-refractivity contribution in [3.63, 3.8) is 0 Å². The second-order valence-electron chi connectivity index (χ2n) is 0.971. The quantitative estimate of drug-likeness (QED) is 0.358. The van der Waals surface area contributed by atoms with Crippen LogP contribution in [0.2, 0.25) is 0 Å². The van der Waals surface area contributed by atoms with E-state index in [0.29, 0.717) is 12.2 Å². The molecule has 0 amide bonds. The van der Waals surface area contributed by atoms with E-state index in [1.54, 1.807) is 0 Å². The number of aliphatic carboxylic acids is 2. The molecule has 0 bridgehead atoms. The van der Waals surface area contributed by atoms with Gasteiger partial charge in [0.25, 0.3) is 0 Å². The van der Waals surface area contributed by atoms with Crippen LogP contribution in [0.5, 0.6) is 0 Å². The summed E-state index contributed by atoms with van der Waals surface area (Å²) in [4.78, 5) is 18.8. The molecule has 0 aromatic heterocycles. The second-order valence-corrected chi connectivity index (χ2v) is 0.971. The highest BCUT2D eigenvalue weighted by Crippen LogP contribution is 1.64. The largest absolute Gasteiger partial charge is 1.00 e. The Kier molecular flexibility index (Phi) is 15.2. The number of rotatable bonds is 2. The molecular weight excluding hydrogens is 366 g/mol. The molecule has 10 heavy (non-hydrogen) atoms. The molecule has 0 saturated carbocycles. The van der Waals surface area contributed by atoms with E-state index in [2.05, 4.69) is 0 Å². The fraction of sp³-hybridized carbons (Fsp3) is 0. The van der Waals surface area contributed by atoms with Crippen molar-refractivity contribution in [3.05, 3.63) is 12.2 Å². The number of halogens is 2. The lowest BCUT2D eigenvalue weighted by atomic mass is 10.5. The molecule has 0 aliphatic rings. The normalized spacial score (nSPS) is 7.60. The molecule has 0 N–H and O–H groups in total. The molecule has 4 nitrogen and oxygen atoms in total. The predicted octanol–water partition coefficient (Wildman–Crippen LogP) is -8.95. The van der Waals surface area contributed by atoms with Crippen molar-refractivity contribution in [1.29, 1.82) is 0 Å². The number of carboxylic acids is 2. The maximum atomic E-state index is 9.41. The lowest BCUT2D eigenvalue weighted by Gasteiger charge is -1.90. The minimum Gasteiger partial charge on any atom is -0.545 e. The fourth-order valence-corrected chi connectivity index (χ4v) is 0.136. The van der Waals surface area contributed by atoms with Gasteiger partial charge in [0.1, 0.15) is 0 Å². The molecule has 0 unspecified atom stereocenters. The monoisotopic (exact) mass is 368 g/mol. The summed E-state index contributed by atoms with van der Waals surface area (Å²) in [5.41, 5.74) is 0. The van der Waals surface area contributed by atoms with Crippen molar-refractivity contribution in [2.24, 2.45) is 0 Å². The minimum absolute atomic E-state index is 0. The molecule has 0 aliphatic heterocycles. The van der Waals surface area contributed by atoms with Crippen LogP contribution in [0.4, 0.5) is 0 Å². The van der Waals surface area contributed by atoms with Gasteiger partial charge in [-0.25, -0.2) is 0 Å². The van der Waals surface area contributed by atoms with Gasteiger partial charge in [0.05, 0.1) is 11.9 Å². The van der Waals surface area contributed by atoms with Crippen molar-refractivity contribution >= 4 is 11.9 Å². The Balaban J connectivity index is -0.000000245. The summed E-state index contributed by atoms with van der Waals surface area (Å²) < 4.78 is 0. The van der Waals surface area contributed by atoms with Crippen LogP contribution in [-0.2, 0) is 9.59 Å². The van der Waals surface area contributed by atoms with Gasteiger partial charge in [0, 0.05) is 0 Å². The van der Waals surface area contributed by atoms with E-state index in [1.165, 1.54) is 0 Å². The summed E-state index contributed by atoms with van der Waals surface area (Å²) in [7, 11) is 0. The van der Waals surface area contributed by atoms with E-state index in [1.807, 2.05) is 0 Å². The van der Waals surface area contributed by atoms with Crippen LogP contribution in [0.1, 0.15) is 0 Å². The zero-order valence-corrected chi connectivity index (χ0v) is 8.86. The van der Waals surface area contributed by atoms with E-state index in [-0.39, 0.29) is 48.0 Å². The molecule has 6 heteroatoms. The van der Waals surface area contributed by atoms with Crippen LogP contribution >= 0.6 is 0 Å². The van der Waals surface area contributed by atoms with E-state index in [9.17, 15) is 19.8 Å². The summed E-state index contributed by atoms with van der Waals surface area (Å²) in [6.45, 7) is 0. The number of carbonyl (C=O) groups is 2. The van der Waals surface area contributed by atoms with Gasteiger partial charge in [-0.1, -0.05) is 0 Å². The maximum Gasteiger partial charge on any atom is 1.00 e. The number of carboxylic acid groups (broad SMARTS) is 2. The van der Waals surface area contributed by atoms with E-state index in [4.69, 9.17) is 0 Å². The Labute approximate surface area is 91.3 Å². The Morgan fingerprint density at radius 2 is 1.10 bits per heavy atom. The Bertz CT molecular complexity index is 126. The van der Waals surface area contributed by atoms with Crippen molar-refractivity contribution in [2.75, 3.05) is 0 Å². The molecule has 4 radical (unpaired) electrons. The topological polar surface area (TPSA) is 80.3 Å². The molecule has 56 valence electrons. The van der Waals surface area contributed by atoms with Crippen molar-refractivity contribution in [3.8, 4) is 0 Å². The smallest absolute Gasteiger partial charge is 0.545 e. The molecule has 0 fully saturated rings. The zero-order valence-electron chi connectivity index (χ0n) is 4.54. The molecular formula is C4H2I2O4. The van der Waals surface area contributed by atoms with E-state index < -0.39 is 11.9 Å². The van der Waals surface area contributed by atoms with Crippen LogP contribution in [0.15, 0.2) is 12.2 Å². The highest BCUT2D eigenvalue weighted by molar-refractivity contribution is 5.87. The summed E-state index contributed by atoms with van der Waals surface area (Å²) in [6.07, 6.45) is 0.769. The van der Waals surface area contributed by atoms with Crippen LogP contribution < -0.4 is 58.2 Å². The van der Waals surface area contributed by atoms with Gasteiger partial charge in [-0.15, -0.1) is 0 Å². The van der Waals surface area contributed by atoms with Gasteiger partial charge < -0.3 is 19.8 Å². The van der Waals surface area contributed by atoms with Gasteiger partial charge in [-0.3, -0.25) is 0 Å². The number of carbonyl (C=O) groups excluding carboxylic acids is 2. The molecule has 0 aliphatic carbocycles. The van der Waals surface area contributed by atoms with Gasteiger partial charge in [0.2, 0.25) is 0 Å². The van der Waals surface area contributed by atoms with Crippen LogP contribution in [0, 0.1) is 0 Å². The van der Waals surface area contributed by atoms with Crippen molar-refractivity contribution in [1.82, 2.24) is 0 Å². The first-order valence-electron chi connectivity index (χ1n) is 1.73. The van der Waals surface area contributed by atoms with Gasteiger partial charge in [0.15, 0.2) is 0 Å². The molecule has 0 aromatic carbocycles. The highest BCUT2D eigenvalue weighted by Gasteiger charge is 1.70. The molecule has 0 heterocycles. The highest BCUT2D eigenvalue weighted by atomic mass is 127. The first-order chi connectivity index (χ1) is 3.63. The SMILES string of the molecule is O=C([O-])/C=C\C(=O)[O-].[I+].[I+]. The lowest BCUT2D eigenvalue weighted by molar-refractivity contribution is -0.301. The summed E-state index contributed by atoms with van der Waals surface area (Å²) >= 11 is 0. The molecule has 0 aromatic rings. The van der Waals surface area contributed by atoms with Gasteiger partial charge in [-0.2, -0.15) is 0 Å². The molecule has 0 saturated heterocycles. The van der Waals surface area contributed by atoms with Crippen LogP contribution in [-0.4, -0.2) is 11.9 Å². The average molecular weight is 368 g/mol. The van der Waals surface area contributed by atoms with Crippen molar-refractivity contribution in [2.45, 2.75) is 0 Å². The molecule has 0 atom stereocenters. The summed E-state index contributed by atoms with van der Waals surface area (Å²) in [5.74, 6) is -3.09. The molecule has 0 spiro atoms. The summed E-state index contributed by atoms with van der Waals surface area (Å²) in [5, 5.41) is 18.8. The fourth-order valence-electron chi connectivity index (χ4n) is 0.136. The van der Waals surface area contributed by atoms with Gasteiger partial charge >= 0.3 is 48.0 Å². The Morgan fingerprint density at radius 1 is 0.900 bits per heavy atom. The third-order valence-electron chi connectivity index (χ3n) is 0.355. The third-order valence-corrected chi connectivity index (χ3v) is 0.355. The van der Waals surface area contributed by atoms with Crippen molar-refractivity contribution < 1.29 is 67.8 Å². The van der Waals surface area contributed by atoms with Crippen LogP contribution in [0.3, 0.4) is 0 Å². The van der Waals surface area contributed by atoms with Crippen LogP contribution in [0.25, 0.3) is 0 Å². The molecule has 0 rings (SSSR count). The standard InChI is InChI=1S/C4H4O4.2I/c5-3(6)1-2-4(7)8;;/h1-2H,(H,5,6)(H,7,8);;/q;2*+1/p-2/b2-1-;;. The zero-order chi connectivity index (χ0) is 6.57. The predicted molar refractivity (Wildman–Crippen MR) is 19.2 cm³/mol. The number of hydrogen-bond donors (Lipinski definition) is 0.